The van der Waals surface area contributed by atoms with Crippen LogP contribution in [0.15, 0.2) is 16.5 Å². The molecule has 3 nitrogen and oxygen atoms in total. The number of hydrogen-bond acceptors (Lipinski definition) is 3. The molecule has 0 saturated carbocycles. The van der Waals surface area contributed by atoms with Gasteiger partial charge in [0.25, 0.3) is 0 Å². The first kappa shape index (κ1) is 11.6. The highest BCUT2D eigenvalue weighted by Crippen LogP contribution is 2.43. The van der Waals surface area contributed by atoms with Crippen LogP contribution in [0.1, 0.15) is 43.7 Å². The van der Waals surface area contributed by atoms with Gasteiger partial charge in [-0.15, -0.1) is 0 Å². The van der Waals surface area contributed by atoms with Crippen molar-refractivity contribution in [2.24, 2.45) is 5.73 Å². The minimum Gasteiger partial charge on any atom is -0.483 e. The predicted octanol–water partition coefficient (Wildman–Crippen LogP) is 3.47. The molecule has 96 valence electrons. The summed E-state index contributed by atoms with van der Waals surface area (Å²) in [6.07, 6.45) is 0.922. The quantitative estimate of drug-likeness (QED) is 0.836. The Morgan fingerprint density at radius 3 is 2.72 bits per heavy atom. The number of fused-ring (bicyclic) bond motifs is 3. The van der Waals surface area contributed by atoms with Gasteiger partial charge in [0.2, 0.25) is 0 Å². The first-order valence-corrected chi connectivity index (χ1v) is 6.38. The third-order valence-corrected chi connectivity index (χ3v) is 3.59. The van der Waals surface area contributed by atoms with Gasteiger partial charge in [-0.1, -0.05) is 12.1 Å². The van der Waals surface area contributed by atoms with Crippen LogP contribution in [0.25, 0.3) is 11.0 Å². The highest BCUT2D eigenvalue weighted by atomic mass is 16.5. The second kappa shape index (κ2) is 3.51. The normalized spacial score (nSPS) is 18.7. The van der Waals surface area contributed by atoms with E-state index >= 15 is 0 Å². The fourth-order valence-electron chi connectivity index (χ4n) is 2.78. The average Bonchev–Trinajstić information content (AvgIpc) is 2.74. The van der Waals surface area contributed by atoms with Gasteiger partial charge in [0.15, 0.2) is 11.3 Å². The lowest BCUT2D eigenvalue weighted by atomic mass is 10.0. The lowest BCUT2D eigenvalue weighted by molar-refractivity contribution is 0.138. The maximum Gasteiger partial charge on any atom is 0.176 e. The van der Waals surface area contributed by atoms with Gasteiger partial charge in [-0.2, -0.15) is 0 Å². The average molecular weight is 245 g/mol. The van der Waals surface area contributed by atoms with Gasteiger partial charge in [-0.05, 0) is 27.7 Å². The second-order valence-corrected chi connectivity index (χ2v) is 5.85. The summed E-state index contributed by atoms with van der Waals surface area (Å²) in [6.45, 7) is 8.19. The number of nitrogens with two attached hydrogens (primary N) is 1. The Bertz CT molecular complexity index is 623. The topological polar surface area (TPSA) is 48.4 Å². The Hall–Kier alpha value is -1.48. The first-order valence-electron chi connectivity index (χ1n) is 6.38. The maximum absolute atomic E-state index is 6.02. The lowest BCUT2D eigenvalue weighted by Gasteiger charge is -2.16. The molecule has 0 spiro atoms. The lowest BCUT2D eigenvalue weighted by Crippen LogP contribution is -2.24. The molecule has 1 aromatic carbocycles. The van der Waals surface area contributed by atoms with Crippen molar-refractivity contribution < 1.29 is 9.15 Å². The van der Waals surface area contributed by atoms with Crippen LogP contribution in [0.4, 0.5) is 0 Å². The van der Waals surface area contributed by atoms with E-state index in [1.54, 1.807) is 0 Å². The highest BCUT2D eigenvalue weighted by molar-refractivity contribution is 5.89. The summed E-state index contributed by atoms with van der Waals surface area (Å²) >= 11 is 0. The SMILES string of the molecule is Cc1c(C(C)N)oc2c3c(ccc12)CC(C)(C)O3. The van der Waals surface area contributed by atoms with Crippen molar-refractivity contribution in [3.63, 3.8) is 0 Å². The smallest absolute Gasteiger partial charge is 0.176 e. The molecule has 3 heteroatoms. The maximum atomic E-state index is 6.02. The fraction of sp³-hybridized carbons (Fsp3) is 0.467. The second-order valence-electron chi connectivity index (χ2n) is 5.85. The number of hydrogen-bond donors (Lipinski definition) is 1. The molecule has 2 aromatic rings. The van der Waals surface area contributed by atoms with Gasteiger partial charge in [-0.25, -0.2) is 0 Å². The van der Waals surface area contributed by atoms with Crippen molar-refractivity contribution in [3.05, 3.63) is 29.0 Å². The number of ether oxygens (including phenoxy) is 1. The van der Waals surface area contributed by atoms with Gasteiger partial charge in [0.1, 0.15) is 11.4 Å². The van der Waals surface area contributed by atoms with Crippen LogP contribution in [-0.4, -0.2) is 5.60 Å². The van der Waals surface area contributed by atoms with Gasteiger partial charge in [0, 0.05) is 22.9 Å². The largest absolute Gasteiger partial charge is 0.483 e. The summed E-state index contributed by atoms with van der Waals surface area (Å²) in [7, 11) is 0. The van der Waals surface area contributed by atoms with E-state index in [-0.39, 0.29) is 11.6 Å². The molecule has 0 fully saturated rings. The van der Waals surface area contributed by atoms with Crippen LogP contribution in [0, 0.1) is 6.92 Å². The van der Waals surface area contributed by atoms with Gasteiger partial charge < -0.3 is 14.9 Å². The summed E-state index contributed by atoms with van der Waals surface area (Å²) in [5.41, 5.74) is 8.99. The van der Waals surface area contributed by atoms with Gasteiger partial charge >= 0.3 is 0 Å². The van der Waals surface area contributed by atoms with Crippen molar-refractivity contribution in [1.29, 1.82) is 0 Å². The minimum absolute atomic E-state index is 0.0949. The van der Waals surface area contributed by atoms with Crippen molar-refractivity contribution in [2.75, 3.05) is 0 Å². The molecule has 0 amide bonds. The Balaban J connectivity index is 2.26. The number of furan rings is 1. The third-order valence-electron chi connectivity index (χ3n) is 3.59. The molecule has 1 atom stereocenters. The van der Waals surface area contributed by atoms with Crippen LogP contribution in [0.3, 0.4) is 0 Å². The summed E-state index contributed by atoms with van der Waals surface area (Å²) in [4.78, 5) is 0. The van der Waals surface area contributed by atoms with Crippen LogP contribution in [0.2, 0.25) is 0 Å². The van der Waals surface area contributed by atoms with Crippen molar-refractivity contribution in [2.45, 2.75) is 45.8 Å². The zero-order chi connectivity index (χ0) is 13.1. The number of aryl methyl sites for hydroxylation is 1. The molecule has 1 aliphatic heterocycles. The molecule has 0 aliphatic carbocycles. The predicted molar refractivity (Wildman–Crippen MR) is 72.0 cm³/mol. The van der Waals surface area contributed by atoms with E-state index in [9.17, 15) is 0 Å². The Morgan fingerprint density at radius 1 is 1.33 bits per heavy atom. The molecule has 0 bridgehead atoms. The molecule has 0 saturated heterocycles. The molecule has 2 heterocycles. The zero-order valence-electron chi connectivity index (χ0n) is 11.3. The van der Waals surface area contributed by atoms with Crippen LogP contribution in [-0.2, 0) is 6.42 Å². The van der Waals surface area contributed by atoms with E-state index in [0.29, 0.717) is 0 Å². The van der Waals surface area contributed by atoms with Crippen molar-refractivity contribution >= 4 is 11.0 Å². The molecular weight excluding hydrogens is 226 g/mol. The van der Waals surface area contributed by atoms with Crippen molar-refractivity contribution in [3.8, 4) is 5.75 Å². The van der Waals surface area contributed by atoms with Crippen LogP contribution in [0.5, 0.6) is 5.75 Å². The molecule has 18 heavy (non-hydrogen) atoms. The third kappa shape index (κ3) is 1.54. The minimum atomic E-state index is -0.147. The standard InChI is InChI=1S/C15H19NO2/c1-8-11-6-5-10-7-15(3,4)18-13(10)14(11)17-12(8)9(2)16/h5-6,9H,7,16H2,1-4H3. The van der Waals surface area contributed by atoms with E-state index in [4.69, 9.17) is 14.9 Å². The molecule has 3 rings (SSSR count). The number of rotatable bonds is 1. The molecule has 1 aromatic heterocycles. The zero-order valence-corrected chi connectivity index (χ0v) is 11.3. The molecular formula is C15H19NO2. The summed E-state index contributed by atoms with van der Waals surface area (Å²) in [5, 5.41) is 1.11. The van der Waals surface area contributed by atoms with Crippen LogP contribution < -0.4 is 10.5 Å². The van der Waals surface area contributed by atoms with E-state index in [1.807, 2.05) is 6.92 Å². The summed E-state index contributed by atoms with van der Waals surface area (Å²) in [5.74, 6) is 1.75. The van der Waals surface area contributed by atoms with E-state index in [2.05, 4.69) is 32.9 Å². The van der Waals surface area contributed by atoms with Gasteiger partial charge in [-0.3, -0.25) is 0 Å². The monoisotopic (exact) mass is 245 g/mol. The molecule has 1 unspecified atom stereocenters. The number of benzene rings is 1. The van der Waals surface area contributed by atoms with Crippen LogP contribution >= 0.6 is 0 Å². The summed E-state index contributed by atoms with van der Waals surface area (Å²) < 4.78 is 12.0. The molecule has 2 N–H and O–H groups in total. The Labute approximate surface area is 107 Å². The Morgan fingerprint density at radius 2 is 2.06 bits per heavy atom. The molecule has 0 radical (unpaired) electrons. The van der Waals surface area contributed by atoms with Crippen molar-refractivity contribution in [1.82, 2.24) is 0 Å². The highest BCUT2D eigenvalue weighted by Gasteiger charge is 2.33. The van der Waals surface area contributed by atoms with E-state index < -0.39 is 0 Å². The van der Waals surface area contributed by atoms with E-state index in [1.165, 1.54) is 5.56 Å². The molecule has 1 aliphatic rings. The van der Waals surface area contributed by atoms with E-state index in [0.717, 1.165) is 34.5 Å². The fourth-order valence-corrected chi connectivity index (χ4v) is 2.78. The summed E-state index contributed by atoms with van der Waals surface area (Å²) in [6, 6.07) is 4.16. The first-order chi connectivity index (χ1) is 8.39. The van der Waals surface area contributed by atoms with Gasteiger partial charge in [0.05, 0.1) is 6.04 Å². The Kier molecular flexibility index (Phi) is 2.26.